The fraction of sp³-hybridized carbons (Fsp3) is 0.158. The number of alkyl halides is 3. The highest BCUT2D eigenvalue weighted by molar-refractivity contribution is 14.1. The molecule has 1 aromatic heterocycles. The Balaban J connectivity index is 1.80. The first-order chi connectivity index (χ1) is 13.1. The number of carbonyl (C=O) groups excluding carboxylic acids is 1. The van der Waals surface area contributed by atoms with Gasteiger partial charge in [-0.25, -0.2) is 0 Å². The Morgan fingerprint density at radius 3 is 2.43 bits per heavy atom. The van der Waals surface area contributed by atoms with Crippen LogP contribution < -0.4 is 0 Å². The van der Waals surface area contributed by atoms with Crippen LogP contribution in [0.4, 0.5) is 13.2 Å². The maximum atomic E-state index is 13.3. The van der Waals surface area contributed by atoms with E-state index in [0.717, 1.165) is 6.07 Å². The van der Waals surface area contributed by atoms with Crippen LogP contribution in [0.5, 0.6) is 0 Å². The van der Waals surface area contributed by atoms with Gasteiger partial charge in [-0.05, 0) is 58.5 Å². The second-order valence-corrected chi connectivity index (χ2v) is 8.06. The summed E-state index contributed by atoms with van der Waals surface area (Å²) in [7, 11) is 0. The Morgan fingerprint density at radius 2 is 1.79 bits per heavy atom. The van der Waals surface area contributed by atoms with E-state index in [0.29, 0.717) is 9.26 Å². The summed E-state index contributed by atoms with van der Waals surface area (Å²) < 4.78 is 41.7. The van der Waals surface area contributed by atoms with Crippen LogP contribution in [0.2, 0.25) is 10.0 Å². The number of hydrogen-bond acceptors (Lipinski definition) is 2. The number of nitrogens with zero attached hydrogens (tertiary/aromatic N) is 2. The van der Waals surface area contributed by atoms with Crippen molar-refractivity contribution in [3.8, 4) is 0 Å². The highest BCUT2D eigenvalue weighted by Gasteiger charge is 2.33. The van der Waals surface area contributed by atoms with E-state index in [9.17, 15) is 18.0 Å². The molecular weight excluding hydrogens is 527 g/mol. The first kappa shape index (κ1) is 21.1. The SMILES string of the molecule is O=C(Cc1ccn(Cc2ccc(I)cc2C(F)(F)F)n1)c1c(Cl)cccc1Cl. The number of carbonyl (C=O) groups is 1. The minimum absolute atomic E-state index is 0.0602. The van der Waals surface area contributed by atoms with Crippen LogP contribution in [0.25, 0.3) is 0 Å². The quantitative estimate of drug-likeness (QED) is 0.283. The van der Waals surface area contributed by atoms with Crippen LogP contribution in [0.1, 0.15) is 27.2 Å². The monoisotopic (exact) mass is 538 g/mol. The van der Waals surface area contributed by atoms with Gasteiger partial charge >= 0.3 is 6.18 Å². The first-order valence-electron chi connectivity index (χ1n) is 8.00. The van der Waals surface area contributed by atoms with Crippen LogP contribution in [0, 0.1) is 3.57 Å². The third-order valence-electron chi connectivity index (χ3n) is 3.99. The van der Waals surface area contributed by atoms with E-state index >= 15 is 0 Å². The van der Waals surface area contributed by atoms with Gasteiger partial charge in [0.15, 0.2) is 5.78 Å². The summed E-state index contributed by atoms with van der Waals surface area (Å²) in [4.78, 5) is 12.5. The number of Topliss-reactive ketones (excluding diaryl/α,β-unsaturated/α-hetero) is 1. The summed E-state index contributed by atoms with van der Waals surface area (Å²) in [5, 5.41) is 4.70. The average Bonchev–Trinajstić information content (AvgIpc) is 3.02. The summed E-state index contributed by atoms with van der Waals surface area (Å²) in [6, 6.07) is 10.5. The van der Waals surface area contributed by atoms with Gasteiger partial charge in [0, 0.05) is 9.77 Å². The Morgan fingerprint density at radius 1 is 1.11 bits per heavy atom. The van der Waals surface area contributed by atoms with E-state index in [2.05, 4.69) is 5.10 Å². The smallest absolute Gasteiger partial charge is 0.294 e. The zero-order chi connectivity index (χ0) is 20.5. The molecule has 0 saturated heterocycles. The fourth-order valence-electron chi connectivity index (χ4n) is 2.73. The van der Waals surface area contributed by atoms with Crippen molar-refractivity contribution in [2.45, 2.75) is 19.1 Å². The molecule has 2 aromatic carbocycles. The second-order valence-electron chi connectivity index (χ2n) is 6.00. The van der Waals surface area contributed by atoms with Crippen molar-refractivity contribution >= 4 is 51.6 Å². The number of aromatic nitrogens is 2. The summed E-state index contributed by atoms with van der Waals surface area (Å²) in [6.45, 7) is -0.0627. The summed E-state index contributed by atoms with van der Waals surface area (Å²) in [5.74, 6) is -0.314. The number of rotatable bonds is 5. The van der Waals surface area contributed by atoms with Gasteiger partial charge in [0.05, 0.1) is 39.8 Å². The van der Waals surface area contributed by atoms with Crippen LogP contribution in [0.15, 0.2) is 48.7 Å². The Labute approximate surface area is 182 Å². The van der Waals surface area contributed by atoms with Gasteiger partial charge in [0.25, 0.3) is 0 Å². The lowest BCUT2D eigenvalue weighted by Crippen LogP contribution is -2.13. The second kappa shape index (κ2) is 8.42. The van der Waals surface area contributed by atoms with Gasteiger partial charge in [-0.1, -0.05) is 35.3 Å². The van der Waals surface area contributed by atoms with E-state index < -0.39 is 11.7 Å². The van der Waals surface area contributed by atoms with Gasteiger partial charge in [0.1, 0.15) is 0 Å². The lowest BCUT2D eigenvalue weighted by Gasteiger charge is -2.13. The molecule has 0 aliphatic heterocycles. The van der Waals surface area contributed by atoms with Crippen molar-refractivity contribution in [2.75, 3.05) is 0 Å². The van der Waals surface area contributed by atoms with Crippen LogP contribution in [0.3, 0.4) is 0 Å². The van der Waals surface area contributed by atoms with Crippen molar-refractivity contribution in [1.29, 1.82) is 0 Å². The molecule has 1 heterocycles. The lowest BCUT2D eigenvalue weighted by atomic mass is 10.1. The number of benzene rings is 2. The van der Waals surface area contributed by atoms with Gasteiger partial charge in [0.2, 0.25) is 0 Å². The number of hydrogen-bond donors (Lipinski definition) is 0. The van der Waals surface area contributed by atoms with Gasteiger partial charge in [-0.15, -0.1) is 0 Å². The first-order valence-corrected chi connectivity index (χ1v) is 9.84. The molecule has 0 amide bonds. The third kappa shape index (κ3) is 4.87. The van der Waals surface area contributed by atoms with E-state index in [1.54, 1.807) is 30.3 Å². The van der Waals surface area contributed by atoms with E-state index in [4.69, 9.17) is 23.2 Å². The molecule has 28 heavy (non-hydrogen) atoms. The molecule has 3 rings (SSSR count). The van der Waals surface area contributed by atoms with E-state index in [1.165, 1.54) is 16.9 Å². The maximum Gasteiger partial charge on any atom is 0.416 e. The van der Waals surface area contributed by atoms with Crippen molar-refractivity contribution in [2.24, 2.45) is 0 Å². The standard InChI is InChI=1S/C19H12Cl2F3IN2O/c20-15-2-1-3-16(21)18(15)17(28)9-13-6-7-27(26-13)10-11-4-5-12(25)8-14(11)19(22,23)24/h1-8H,9-10H2. The van der Waals surface area contributed by atoms with Crippen LogP contribution >= 0.6 is 45.8 Å². The summed E-state index contributed by atoms with van der Waals surface area (Å²) >= 11 is 13.9. The molecule has 0 radical (unpaired) electrons. The van der Waals surface area contributed by atoms with E-state index in [-0.39, 0.29) is 39.9 Å². The van der Waals surface area contributed by atoms with Crippen molar-refractivity contribution in [3.63, 3.8) is 0 Å². The fourth-order valence-corrected chi connectivity index (χ4v) is 3.83. The molecule has 0 spiro atoms. The number of halogens is 6. The Kier molecular flexibility index (Phi) is 6.36. The molecule has 146 valence electrons. The Bertz CT molecular complexity index is 1010. The molecule has 3 nitrogen and oxygen atoms in total. The topological polar surface area (TPSA) is 34.9 Å². The number of ketones is 1. The minimum atomic E-state index is -4.46. The molecular formula is C19H12Cl2F3IN2O. The molecule has 0 aliphatic rings. The molecule has 3 aromatic rings. The lowest BCUT2D eigenvalue weighted by molar-refractivity contribution is -0.138. The molecule has 0 saturated carbocycles. The molecule has 0 fully saturated rings. The van der Waals surface area contributed by atoms with Gasteiger partial charge in [-0.3, -0.25) is 9.48 Å². The predicted molar refractivity (Wildman–Crippen MR) is 110 cm³/mol. The molecule has 0 atom stereocenters. The largest absolute Gasteiger partial charge is 0.416 e. The van der Waals surface area contributed by atoms with Crippen molar-refractivity contribution in [1.82, 2.24) is 9.78 Å². The van der Waals surface area contributed by atoms with Crippen molar-refractivity contribution < 1.29 is 18.0 Å². The normalized spacial score (nSPS) is 11.6. The zero-order valence-corrected chi connectivity index (χ0v) is 17.8. The average molecular weight is 539 g/mol. The summed E-state index contributed by atoms with van der Waals surface area (Å²) in [6.07, 6.45) is -2.98. The van der Waals surface area contributed by atoms with E-state index in [1.807, 2.05) is 22.6 Å². The molecule has 0 N–H and O–H groups in total. The summed E-state index contributed by atoms with van der Waals surface area (Å²) in [5.41, 5.74) is 0.0239. The highest BCUT2D eigenvalue weighted by atomic mass is 127. The van der Waals surface area contributed by atoms with Crippen LogP contribution in [-0.2, 0) is 19.1 Å². The van der Waals surface area contributed by atoms with Gasteiger partial charge in [-0.2, -0.15) is 18.3 Å². The zero-order valence-electron chi connectivity index (χ0n) is 14.1. The maximum absolute atomic E-state index is 13.3. The Hall–Kier alpha value is -1.58. The van der Waals surface area contributed by atoms with Crippen LogP contribution in [-0.4, -0.2) is 15.6 Å². The molecule has 0 unspecified atom stereocenters. The molecule has 0 aliphatic carbocycles. The van der Waals surface area contributed by atoms with Crippen molar-refractivity contribution in [3.05, 3.63) is 84.7 Å². The molecule has 0 bridgehead atoms. The third-order valence-corrected chi connectivity index (χ3v) is 5.29. The predicted octanol–water partition coefficient (Wildman–Crippen LogP) is 6.29. The molecule has 9 heteroatoms. The minimum Gasteiger partial charge on any atom is -0.294 e. The highest BCUT2D eigenvalue weighted by Crippen LogP contribution is 2.33. The van der Waals surface area contributed by atoms with Gasteiger partial charge < -0.3 is 0 Å².